The van der Waals surface area contributed by atoms with Crippen molar-refractivity contribution in [2.24, 2.45) is 0 Å². The van der Waals surface area contributed by atoms with Gasteiger partial charge in [0.05, 0.1) is 4.90 Å². The number of amides is 2. The van der Waals surface area contributed by atoms with E-state index in [0.29, 0.717) is 44.7 Å². The summed E-state index contributed by atoms with van der Waals surface area (Å²) in [7, 11) is -1.55. The topological polar surface area (TPSA) is 86.8 Å². The molecule has 1 aromatic rings. The zero-order valence-electron chi connectivity index (χ0n) is 14.4. The Hall–Kier alpha value is -1.64. The predicted octanol–water partition coefficient (Wildman–Crippen LogP) is 0.406. The second-order valence-corrected chi connectivity index (χ2v) is 7.84. The normalized spacial score (nSPS) is 14.8. The molecule has 1 fully saturated rings. The molecule has 0 aliphatic carbocycles. The Bertz CT molecular complexity index is 716. The van der Waals surface area contributed by atoms with Crippen LogP contribution >= 0.6 is 12.4 Å². The SMILES string of the molecule is CNCCC(=O)N1CCN(C(=O)c2cccc(S(C)(=O)=O)c2)CC1.Cl. The lowest BCUT2D eigenvalue weighted by Crippen LogP contribution is -2.50. The van der Waals surface area contributed by atoms with E-state index in [-0.39, 0.29) is 29.1 Å². The summed E-state index contributed by atoms with van der Waals surface area (Å²) in [5.41, 5.74) is 0.355. The Labute approximate surface area is 154 Å². The van der Waals surface area contributed by atoms with Gasteiger partial charge in [0.2, 0.25) is 5.91 Å². The molecule has 0 atom stereocenters. The van der Waals surface area contributed by atoms with Crippen molar-refractivity contribution < 1.29 is 18.0 Å². The molecule has 1 heterocycles. The van der Waals surface area contributed by atoms with Crippen LogP contribution in [-0.2, 0) is 14.6 Å². The number of hydrogen-bond acceptors (Lipinski definition) is 5. The minimum Gasteiger partial charge on any atom is -0.339 e. The molecule has 1 aliphatic rings. The zero-order chi connectivity index (χ0) is 17.7. The maximum atomic E-state index is 12.5. The van der Waals surface area contributed by atoms with Crippen LogP contribution in [0.15, 0.2) is 29.2 Å². The van der Waals surface area contributed by atoms with Gasteiger partial charge in [0.1, 0.15) is 0 Å². The van der Waals surface area contributed by atoms with Crippen molar-refractivity contribution in [1.29, 1.82) is 0 Å². The van der Waals surface area contributed by atoms with Crippen molar-refractivity contribution >= 4 is 34.1 Å². The van der Waals surface area contributed by atoms with E-state index >= 15 is 0 Å². The average molecular weight is 390 g/mol. The highest BCUT2D eigenvalue weighted by molar-refractivity contribution is 7.90. The van der Waals surface area contributed by atoms with Gasteiger partial charge in [-0.25, -0.2) is 8.42 Å². The molecule has 0 saturated carbocycles. The second-order valence-electron chi connectivity index (χ2n) is 5.83. The van der Waals surface area contributed by atoms with Crippen molar-refractivity contribution in [2.45, 2.75) is 11.3 Å². The molecule has 0 spiro atoms. The molecular formula is C16H24ClN3O4S. The van der Waals surface area contributed by atoms with Crippen LogP contribution in [0.4, 0.5) is 0 Å². The highest BCUT2D eigenvalue weighted by Gasteiger charge is 2.25. The summed E-state index contributed by atoms with van der Waals surface area (Å²) in [4.78, 5) is 28.1. The van der Waals surface area contributed by atoms with Gasteiger partial charge in [0.15, 0.2) is 9.84 Å². The Balaban J connectivity index is 0.00000312. The summed E-state index contributed by atoms with van der Waals surface area (Å²) < 4.78 is 23.2. The first kappa shape index (κ1) is 21.4. The van der Waals surface area contributed by atoms with E-state index in [0.717, 1.165) is 6.26 Å². The first-order chi connectivity index (χ1) is 11.3. The summed E-state index contributed by atoms with van der Waals surface area (Å²) in [5, 5.41) is 2.94. The number of halogens is 1. The fraction of sp³-hybridized carbons (Fsp3) is 0.500. The quantitative estimate of drug-likeness (QED) is 0.788. The summed E-state index contributed by atoms with van der Waals surface area (Å²) in [6, 6.07) is 6.06. The predicted molar refractivity (Wildman–Crippen MR) is 97.8 cm³/mol. The fourth-order valence-corrected chi connectivity index (χ4v) is 3.26. The first-order valence-electron chi connectivity index (χ1n) is 7.84. The zero-order valence-corrected chi connectivity index (χ0v) is 16.0. The standard InChI is InChI=1S/C16H23N3O4S.ClH/c1-17-7-6-15(20)18-8-10-19(11-9-18)16(21)13-4-3-5-14(12-13)24(2,22)23;/h3-5,12,17H,6-11H2,1-2H3;1H. The van der Waals surface area contributed by atoms with Crippen molar-refractivity contribution in [3.63, 3.8) is 0 Å². The number of benzene rings is 1. The molecule has 0 unspecified atom stereocenters. The third kappa shape index (κ3) is 5.69. The van der Waals surface area contributed by atoms with Crippen LogP contribution in [0.25, 0.3) is 0 Å². The second kappa shape index (κ2) is 9.17. The van der Waals surface area contributed by atoms with Gasteiger partial charge in [-0.05, 0) is 25.2 Å². The van der Waals surface area contributed by atoms with Gasteiger partial charge in [0.25, 0.3) is 5.91 Å². The molecule has 1 saturated heterocycles. The molecule has 25 heavy (non-hydrogen) atoms. The van der Waals surface area contributed by atoms with Crippen LogP contribution in [0.3, 0.4) is 0 Å². The first-order valence-corrected chi connectivity index (χ1v) is 9.74. The maximum Gasteiger partial charge on any atom is 0.254 e. The molecule has 0 radical (unpaired) electrons. The summed E-state index contributed by atoms with van der Waals surface area (Å²) in [5.74, 6) is -0.127. The Morgan fingerprint density at radius 2 is 1.72 bits per heavy atom. The van der Waals surface area contributed by atoms with Crippen molar-refractivity contribution in [3.05, 3.63) is 29.8 Å². The highest BCUT2D eigenvalue weighted by Crippen LogP contribution is 2.14. The molecule has 2 rings (SSSR count). The van der Waals surface area contributed by atoms with Gasteiger partial charge in [-0.1, -0.05) is 6.07 Å². The lowest BCUT2D eigenvalue weighted by Gasteiger charge is -2.35. The van der Waals surface area contributed by atoms with Crippen LogP contribution < -0.4 is 5.32 Å². The highest BCUT2D eigenvalue weighted by atomic mass is 35.5. The number of carbonyl (C=O) groups excluding carboxylic acids is 2. The molecular weight excluding hydrogens is 366 g/mol. The molecule has 140 valence electrons. The van der Waals surface area contributed by atoms with E-state index in [9.17, 15) is 18.0 Å². The van der Waals surface area contributed by atoms with Crippen molar-refractivity contribution in [1.82, 2.24) is 15.1 Å². The van der Waals surface area contributed by atoms with Gasteiger partial charge in [-0.3, -0.25) is 9.59 Å². The summed E-state index contributed by atoms with van der Waals surface area (Å²) in [6.45, 7) is 2.54. The summed E-state index contributed by atoms with van der Waals surface area (Å²) >= 11 is 0. The lowest BCUT2D eigenvalue weighted by atomic mass is 10.2. The number of sulfone groups is 1. The Kier molecular flexibility index (Phi) is 7.85. The smallest absolute Gasteiger partial charge is 0.254 e. The largest absolute Gasteiger partial charge is 0.339 e. The average Bonchev–Trinajstić information content (AvgIpc) is 2.58. The van der Waals surface area contributed by atoms with Crippen molar-refractivity contribution in [3.8, 4) is 0 Å². The van der Waals surface area contributed by atoms with E-state index in [1.54, 1.807) is 29.0 Å². The monoisotopic (exact) mass is 389 g/mol. The number of nitrogens with one attached hydrogen (secondary N) is 1. The van der Waals surface area contributed by atoms with Crippen LogP contribution in [0, 0.1) is 0 Å². The van der Waals surface area contributed by atoms with Gasteiger partial charge in [0, 0.05) is 51.0 Å². The van der Waals surface area contributed by atoms with Crippen LogP contribution in [0.1, 0.15) is 16.8 Å². The number of carbonyl (C=O) groups is 2. The number of hydrogen-bond donors (Lipinski definition) is 1. The van der Waals surface area contributed by atoms with Crippen molar-refractivity contribution in [2.75, 3.05) is 46.0 Å². The molecule has 1 aliphatic heterocycles. The molecule has 7 nitrogen and oxygen atoms in total. The Morgan fingerprint density at radius 1 is 1.12 bits per heavy atom. The molecule has 9 heteroatoms. The van der Waals surface area contributed by atoms with E-state index in [1.165, 1.54) is 12.1 Å². The minimum atomic E-state index is -3.35. The maximum absolute atomic E-state index is 12.5. The van der Waals surface area contributed by atoms with Gasteiger partial charge < -0.3 is 15.1 Å². The molecule has 1 aromatic carbocycles. The molecule has 2 amide bonds. The van der Waals surface area contributed by atoms with Gasteiger partial charge in [-0.15, -0.1) is 12.4 Å². The minimum absolute atomic E-state index is 0. The fourth-order valence-electron chi connectivity index (χ4n) is 2.59. The van der Waals surface area contributed by atoms with Crippen LogP contribution in [0.2, 0.25) is 0 Å². The van der Waals surface area contributed by atoms with Gasteiger partial charge >= 0.3 is 0 Å². The molecule has 1 N–H and O–H groups in total. The third-order valence-corrected chi connectivity index (χ3v) is 5.13. The number of nitrogens with zero attached hydrogens (tertiary/aromatic N) is 2. The number of rotatable bonds is 5. The van der Waals surface area contributed by atoms with E-state index in [1.807, 2.05) is 0 Å². The van der Waals surface area contributed by atoms with E-state index in [4.69, 9.17) is 0 Å². The summed E-state index contributed by atoms with van der Waals surface area (Å²) in [6.07, 6.45) is 1.56. The Morgan fingerprint density at radius 3 is 2.28 bits per heavy atom. The van der Waals surface area contributed by atoms with Crippen LogP contribution in [0.5, 0.6) is 0 Å². The number of piperazine rings is 1. The van der Waals surface area contributed by atoms with E-state index in [2.05, 4.69) is 5.32 Å². The molecule has 0 bridgehead atoms. The van der Waals surface area contributed by atoms with E-state index < -0.39 is 9.84 Å². The third-order valence-electron chi connectivity index (χ3n) is 4.02. The van der Waals surface area contributed by atoms with Gasteiger partial charge in [-0.2, -0.15) is 0 Å². The van der Waals surface area contributed by atoms with Crippen LogP contribution in [-0.4, -0.2) is 76.1 Å². The molecule has 0 aromatic heterocycles. The lowest BCUT2D eigenvalue weighted by molar-refractivity contribution is -0.132.